The molecule has 2 heterocycles. The first kappa shape index (κ1) is 13.3. The molecule has 2 amide bonds. The molecule has 0 saturated carbocycles. The number of benzene rings is 1. The van der Waals surface area contributed by atoms with Crippen LogP contribution < -0.4 is 5.32 Å². The molecule has 7 heteroatoms. The first-order chi connectivity index (χ1) is 10.1. The van der Waals surface area contributed by atoms with Gasteiger partial charge in [0.2, 0.25) is 11.8 Å². The van der Waals surface area contributed by atoms with Crippen molar-refractivity contribution in [3.05, 3.63) is 42.2 Å². The number of carbonyl (C=O) groups is 2. The fraction of sp³-hybridized carbons (Fsp3) is 0.286. The van der Waals surface area contributed by atoms with Crippen molar-refractivity contribution in [2.24, 2.45) is 0 Å². The zero-order valence-corrected chi connectivity index (χ0v) is 11.6. The molecule has 1 atom stereocenters. The Morgan fingerprint density at radius 1 is 1.43 bits per heavy atom. The maximum atomic E-state index is 12.4. The van der Waals surface area contributed by atoms with Gasteiger partial charge in [0.1, 0.15) is 12.6 Å². The number of nitrogens with one attached hydrogen (secondary N) is 1. The number of fused-ring (bicyclic) bond motifs is 1. The molecule has 1 N–H and O–H groups in total. The molecule has 1 aromatic heterocycles. The fourth-order valence-electron chi connectivity index (χ4n) is 2.33. The van der Waals surface area contributed by atoms with E-state index in [1.165, 1.54) is 10.9 Å². The molecule has 0 aliphatic carbocycles. The minimum atomic E-state index is -0.534. The van der Waals surface area contributed by atoms with Gasteiger partial charge in [0.15, 0.2) is 0 Å². The lowest BCUT2D eigenvalue weighted by molar-refractivity contribution is -0.139. The number of rotatable bonds is 2. The Labute approximate surface area is 121 Å². The van der Waals surface area contributed by atoms with Crippen molar-refractivity contribution >= 4 is 17.5 Å². The monoisotopic (exact) mass is 285 g/mol. The summed E-state index contributed by atoms with van der Waals surface area (Å²) < 4.78 is 1.45. The molecular formula is C14H15N5O2. The summed E-state index contributed by atoms with van der Waals surface area (Å²) >= 11 is 0. The second kappa shape index (κ2) is 5.35. The van der Waals surface area contributed by atoms with E-state index < -0.39 is 6.04 Å². The molecule has 2 aromatic rings. The van der Waals surface area contributed by atoms with Gasteiger partial charge >= 0.3 is 0 Å². The standard InChI is InChI=1S/C14H15N5O2/c1-10-14(21)16-12-5-3-2-4-11(12)8-19(10)13(20)9-18-7-6-15-17-18/h2-7,10H,8-9H2,1H3,(H,16,21). The van der Waals surface area contributed by atoms with Crippen LogP contribution >= 0.6 is 0 Å². The number of nitrogens with zero attached hydrogens (tertiary/aromatic N) is 4. The van der Waals surface area contributed by atoms with E-state index in [0.29, 0.717) is 6.54 Å². The van der Waals surface area contributed by atoms with Crippen molar-refractivity contribution in [1.82, 2.24) is 19.9 Å². The lowest BCUT2D eigenvalue weighted by Crippen LogP contribution is -2.44. The molecule has 21 heavy (non-hydrogen) atoms. The lowest BCUT2D eigenvalue weighted by atomic mass is 10.1. The fourth-order valence-corrected chi connectivity index (χ4v) is 2.33. The van der Waals surface area contributed by atoms with Crippen molar-refractivity contribution < 1.29 is 9.59 Å². The highest BCUT2D eigenvalue weighted by Crippen LogP contribution is 2.23. The molecule has 0 radical (unpaired) electrons. The third-order valence-corrected chi connectivity index (χ3v) is 3.55. The first-order valence-corrected chi connectivity index (χ1v) is 6.67. The Morgan fingerprint density at radius 3 is 3.00 bits per heavy atom. The number of carbonyl (C=O) groups excluding carboxylic acids is 2. The molecule has 0 saturated heterocycles. The maximum absolute atomic E-state index is 12.4. The van der Waals surface area contributed by atoms with E-state index in [4.69, 9.17) is 0 Å². The van der Waals surface area contributed by atoms with Crippen molar-refractivity contribution in [2.45, 2.75) is 26.1 Å². The van der Waals surface area contributed by atoms with Crippen molar-refractivity contribution in [1.29, 1.82) is 0 Å². The van der Waals surface area contributed by atoms with Crippen molar-refractivity contribution in [3.63, 3.8) is 0 Å². The van der Waals surface area contributed by atoms with Crippen molar-refractivity contribution in [2.75, 3.05) is 5.32 Å². The van der Waals surface area contributed by atoms with Gasteiger partial charge in [-0.25, -0.2) is 4.68 Å². The predicted molar refractivity (Wildman–Crippen MR) is 75.1 cm³/mol. The highest BCUT2D eigenvalue weighted by molar-refractivity contribution is 5.98. The summed E-state index contributed by atoms with van der Waals surface area (Å²) in [6, 6.07) is 6.96. The number of amides is 2. The molecule has 108 valence electrons. The van der Waals surface area contributed by atoms with Gasteiger partial charge < -0.3 is 10.2 Å². The van der Waals surface area contributed by atoms with Crippen LogP contribution in [-0.4, -0.2) is 37.7 Å². The summed E-state index contributed by atoms with van der Waals surface area (Å²) in [5.41, 5.74) is 1.67. The van der Waals surface area contributed by atoms with Gasteiger partial charge in [0.05, 0.1) is 6.20 Å². The van der Waals surface area contributed by atoms with Gasteiger partial charge in [-0.15, -0.1) is 5.10 Å². The second-order valence-corrected chi connectivity index (χ2v) is 4.94. The molecule has 1 unspecified atom stereocenters. The Hall–Kier alpha value is -2.70. The van der Waals surface area contributed by atoms with Crippen LogP contribution in [-0.2, 0) is 22.7 Å². The van der Waals surface area contributed by atoms with Gasteiger partial charge in [-0.05, 0) is 18.6 Å². The third kappa shape index (κ3) is 2.62. The largest absolute Gasteiger partial charge is 0.325 e. The SMILES string of the molecule is CC1C(=O)Nc2ccccc2CN1C(=O)Cn1ccnn1. The average Bonchev–Trinajstić information content (AvgIpc) is 2.93. The zero-order chi connectivity index (χ0) is 14.8. The quantitative estimate of drug-likeness (QED) is 0.878. The molecule has 1 aromatic carbocycles. The van der Waals surface area contributed by atoms with E-state index in [0.717, 1.165) is 11.3 Å². The van der Waals surface area contributed by atoms with Crippen LogP contribution in [0.25, 0.3) is 0 Å². The zero-order valence-electron chi connectivity index (χ0n) is 11.6. The van der Waals surface area contributed by atoms with Crippen LogP contribution in [0.5, 0.6) is 0 Å². The van der Waals surface area contributed by atoms with Crippen LogP contribution in [0.15, 0.2) is 36.7 Å². The average molecular weight is 285 g/mol. The molecule has 1 aliphatic rings. The predicted octanol–water partition coefficient (Wildman–Crippen LogP) is 0.647. The smallest absolute Gasteiger partial charge is 0.246 e. The minimum absolute atomic E-state index is 0.0692. The molecular weight excluding hydrogens is 270 g/mol. The lowest BCUT2D eigenvalue weighted by Gasteiger charge is -2.25. The van der Waals surface area contributed by atoms with Gasteiger partial charge in [0.25, 0.3) is 0 Å². The molecule has 7 nitrogen and oxygen atoms in total. The van der Waals surface area contributed by atoms with E-state index in [1.807, 2.05) is 24.3 Å². The highest BCUT2D eigenvalue weighted by atomic mass is 16.2. The second-order valence-electron chi connectivity index (χ2n) is 4.94. The van der Waals surface area contributed by atoms with Gasteiger partial charge in [-0.3, -0.25) is 9.59 Å². The highest BCUT2D eigenvalue weighted by Gasteiger charge is 2.30. The minimum Gasteiger partial charge on any atom is -0.325 e. The van der Waals surface area contributed by atoms with Crippen LogP contribution in [0.2, 0.25) is 0 Å². The van der Waals surface area contributed by atoms with Crippen molar-refractivity contribution in [3.8, 4) is 0 Å². The third-order valence-electron chi connectivity index (χ3n) is 3.55. The molecule has 1 aliphatic heterocycles. The summed E-state index contributed by atoms with van der Waals surface area (Å²) in [7, 11) is 0. The molecule has 3 rings (SSSR count). The van der Waals surface area contributed by atoms with E-state index in [9.17, 15) is 9.59 Å². The van der Waals surface area contributed by atoms with Crippen LogP contribution in [0.4, 0.5) is 5.69 Å². The van der Waals surface area contributed by atoms with E-state index in [-0.39, 0.29) is 18.4 Å². The Bertz CT molecular complexity index is 668. The van der Waals surface area contributed by atoms with Gasteiger partial charge in [-0.2, -0.15) is 0 Å². The number of aromatic nitrogens is 3. The maximum Gasteiger partial charge on any atom is 0.246 e. The number of hydrogen-bond acceptors (Lipinski definition) is 4. The van der Waals surface area contributed by atoms with Crippen LogP contribution in [0.3, 0.4) is 0 Å². The number of para-hydroxylation sites is 1. The van der Waals surface area contributed by atoms with Gasteiger partial charge in [-0.1, -0.05) is 23.4 Å². The van der Waals surface area contributed by atoms with Crippen LogP contribution in [0.1, 0.15) is 12.5 Å². The molecule has 0 bridgehead atoms. The summed E-state index contributed by atoms with van der Waals surface area (Å²) in [4.78, 5) is 26.2. The molecule has 0 spiro atoms. The van der Waals surface area contributed by atoms with E-state index in [2.05, 4.69) is 15.6 Å². The Morgan fingerprint density at radius 2 is 2.24 bits per heavy atom. The summed E-state index contributed by atoms with van der Waals surface area (Å²) in [6.07, 6.45) is 3.13. The number of anilines is 1. The number of hydrogen-bond donors (Lipinski definition) is 1. The van der Waals surface area contributed by atoms with E-state index in [1.54, 1.807) is 18.0 Å². The Balaban J connectivity index is 1.86. The summed E-state index contributed by atoms with van der Waals surface area (Å²) in [5.74, 6) is -0.355. The summed E-state index contributed by atoms with van der Waals surface area (Å²) in [6.45, 7) is 2.18. The molecule has 0 fully saturated rings. The van der Waals surface area contributed by atoms with Crippen LogP contribution in [0, 0.1) is 0 Å². The summed E-state index contributed by atoms with van der Waals surface area (Å²) in [5, 5.41) is 10.3. The topological polar surface area (TPSA) is 80.1 Å². The van der Waals surface area contributed by atoms with Gasteiger partial charge in [0, 0.05) is 18.4 Å². The first-order valence-electron chi connectivity index (χ1n) is 6.67. The Kier molecular flexibility index (Phi) is 3.39. The normalized spacial score (nSPS) is 17.9. The van der Waals surface area contributed by atoms with E-state index >= 15 is 0 Å².